The lowest BCUT2D eigenvalue weighted by atomic mass is 9.96. The van der Waals surface area contributed by atoms with E-state index in [0.717, 1.165) is 16.5 Å². The Bertz CT molecular complexity index is 817. The highest BCUT2D eigenvalue weighted by Crippen LogP contribution is 2.33. The highest BCUT2D eigenvalue weighted by Gasteiger charge is 2.19. The first-order valence-electron chi connectivity index (χ1n) is 6.32. The molecule has 0 fully saturated rings. The van der Waals surface area contributed by atoms with E-state index in [-0.39, 0.29) is 5.02 Å². The van der Waals surface area contributed by atoms with Crippen molar-refractivity contribution in [3.05, 3.63) is 75.1 Å². The smallest absolute Gasteiger partial charge is 0.148 e. The lowest BCUT2D eigenvalue weighted by Crippen LogP contribution is -2.14. The molecular weight excluding hydrogens is 355 g/mol. The average Bonchev–Trinajstić information content (AvgIpc) is 2.51. The topological polar surface area (TPSA) is 38.9 Å². The molecule has 0 aliphatic rings. The lowest BCUT2D eigenvalue weighted by molar-refractivity contribution is 0.600. The van der Waals surface area contributed by atoms with E-state index in [2.05, 4.69) is 20.9 Å². The minimum Gasteiger partial charge on any atom is -0.320 e. The van der Waals surface area contributed by atoms with Gasteiger partial charge in [-0.1, -0.05) is 35.9 Å². The van der Waals surface area contributed by atoms with E-state index in [9.17, 15) is 4.39 Å². The van der Waals surface area contributed by atoms with Gasteiger partial charge in [-0.2, -0.15) is 0 Å². The van der Waals surface area contributed by atoms with Crippen molar-refractivity contribution < 1.29 is 4.39 Å². The third-order valence-electron chi connectivity index (χ3n) is 3.42. The molecule has 0 radical (unpaired) electrons. The van der Waals surface area contributed by atoms with Crippen LogP contribution in [0.2, 0.25) is 5.02 Å². The number of hydrogen-bond acceptors (Lipinski definition) is 2. The van der Waals surface area contributed by atoms with Gasteiger partial charge >= 0.3 is 0 Å². The van der Waals surface area contributed by atoms with Gasteiger partial charge in [0.2, 0.25) is 0 Å². The molecule has 21 heavy (non-hydrogen) atoms. The summed E-state index contributed by atoms with van der Waals surface area (Å²) in [5, 5.41) is 0.951. The molecule has 3 rings (SSSR count). The summed E-state index contributed by atoms with van der Waals surface area (Å²) in [6, 6.07) is 12.2. The van der Waals surface area contributed by atoms with Crippen molar-refractivity contribution in [2.75, 3.05) is 0 Å². The molecule has 1 unspecified atom stereocenters. The largest absolute Gasteiger partial charge is 0.320 e. The van der Waals surface area contributed by atoms with Crippen molar-refractivity contribution in [2.45, 2.75) is 6.04 Å². The van der Waals surface area contributed by atoms with Gasteiger partial charge in [-0.05, 0) is 39.7 Å². The molecule has 0 saturated carbocycles. The van der Waals surface area contributed by atoms with Crippen molar-refractivity contribution in [3.8, 4) is 0 Å². The fourth-order valence-corrected chi connectivity index (χ4v) is 2.82. The maximum absolute atomic E-state index is 14.3. The summed E-state index contributed by atoms with van der Waals surface area (Å²) in [4.78, 5) is 4.29. The first-order chi connectivity index (χ1) is 10.1. The second-order valence-electron chi connectivity index (χ2n) is 4.66. The van der Waals surface area contributed by atoms with Gasteiger partial charge in [0, 0.05) is 21.6 Å². The molecule has 3 aromatic rings. The number of rotatable bonds is 2. The molecule has 2 aromatic carbocycles. The van der Waals surface area contributed by atoms with Crippen LogP contribution < -0.4 is 5.73 Å². The zero-order valence-electron chi connectivity index (χ0n) is 10.9. The van der Waals surface area contributed by atoms with E-state index in [1.54, 1.807) is 18.3 Å². The summed E-state index contributed by atoms with van der Waals surface area (Å²) in [5.41, 5.74) is 8.27. The minimum absolute atomic E-state index is 0.0429. The monoisotopic (exact) mass is 364 g/mol. The van der Waals surface area contributed by atoms with Crippen molar-refractivity contribution in [1.29, 1.82) is 0 Å². The lowest BCUT2D eigenvalue weighted by Gasteiger charge is -2.16. The quantitative estimate of drug-likeness (QED) is 0.660. The molecule has 1 atom stereocenters. The molecule has 2 N–H and O–H groups in total. The molecule has 106 valence electrons. The number of benzene rings is 2. The summed E-state index contributed by atoms with van der Waals surface area (Å²) in [7, 11) is 0. The van der Waals surface area contributed by atoms with Crippen molar-refractivity contribution in [3.63, 3.8) is 0 Å². The summed E-state index contributed by atoms with van der Waals surface area (Å²) >= 11 is 9.15. The Kier molecular flexibility index (Phi) is 3.93. The molecule has 0 spiro atoms. The maximum Gasteiger partial charge on any atom is 0.148 e. The van der Waals surface area contributed by atoms with Gasteiger partial charge in [-0.15, -0.1) is 0 Å². The molecule has 5 heteroatoms. The second-order valence-corrected chi connectivity index (χ2v) is 5.89. The summed E-state index contributed by atoms with van der Waals surface area (Å²) < 4.78 is 14.9. The second kappa shape index (κ2) is 5.72. The Morgan fingerprint density at radius 2 is 1.86 bits per heavy atom. The number of nitrogens with zero attached hydrogens (tertiary/aromatic N) is 1. The summed E-state index contributed by atoms with van der Waals surface area (Å²) in [6.45, 7) is 0. The molecule has 0 amide bonds. The van der Waals surface area contributed by atoms with Crippen molar-refractivity contribution in [1.82, 2.24) is 4.98 Å². The number of para-hydroxylation sites is 1. The van der Waals surface area contributed by atoms with E-state index < -0.39 is 11.9 Å². The molecule has 0 bridgehead atoms. The first kappa shape index (κ1) is 14.4. The first-order valence-corrected chi connectivity index (χ1v) is 7.49. The van der Waals surface area contributed by atoms with Gasteiger partial charge in [-0.25, -0.2) is 4.39 Å². The number of pyridine rings is 1. The molecular formula is C16H11BrClFN2. The van der Waals surface area contributed by atoms with Crippen LogP contribution in [0.25, 0.3) is 10.9 Å². The van der Waals surface area contributed by atoms with E-state index in [1.165, 1.54) is 0 Å². The van der Waals surface area contributed by atoms with Crippen LogP contribution in [0, 0.1) is 5.82 Å². The molecule has 1 aromatic heterocycles. The van der Waals surface area contributed by atoms with Crippen molar-refractivity contribution >= 4 is 38.4 Å². The van der Waals surface area contributed by atoms with Crippen LogP contribution in [-0.4, -0.2) is 4.98 Å². The summed E-state index contributed by atoms with van der Waals surface area (Å²) in [6.07, 6.45) is 1.68. The number of halogens is 3. The Balaban J connectivity index is 2.17. The van der Waals surface area contributed by atoms with E-state index in [0.29, 0.717) is 10.0 Å². The van der Waals surface area contributed by atoms with Crippen LogP contribution in [0.15, 0.2) is 53.1 Å². The maximum atomic E-state index is 14.3. The minimum atomic E-state index is -0.608. The van der Waals surface area contributed by atoms with Gasteiger partial charge in [0.1, 0.15) is 5.82 Å². The van der Waals surface area contributed by atoms with Crippen LogP contribution in [0.4, 0.5) is 4.39 Å². The predicted octanol–water partition coefficient (Wildman–Crippen LogP) is 4.84. The van der Waals surface area contributed by atoms with Gasteiger partial charge in [-0.3, -0.25) is 4.98 Å². The molecule has 0 aliphatic heterocycles. The zero-order valence-corrected chi connectivity index (χ0v) is 13.2. The highest BCUT2D eigenvalue weighted by atomic mass is 79.9. The fraction of sp³-hybridized carbons (Fsp3) is 0.0625. The third-order valence-corrected chi connectivity index (χ3v) is 4.68. The average molecular weight is 366 g/mol. The molecule has 1 heterocycles. The number of nitrogens with two attached hydrogens (primary N) is 1. The third kappa shape index (κ3) is 2.55. The van der Waals surface area contributed by atoms with Gasteiger partial charge < -0.3 is 5.73 Å². The molecule has 2 nitrogen and oxygen atoms in total. The van der Waals surface area contributed by atoms with Crippen molar-refractivity contribution in [2.24, 2.45) is 5.73 Å². The number of hydrogen-bond donors (Lipinski definition) is 1. The summed E-state index contributed by atoms with van der Waals surface area (Å²) in [5.74, 6) is -0.501. The van der Waals surface area contributed by atoms with E-state index in [1.807, 2.05) is 30.3 Å². The van der Waals surface area contributed by atoms with Gasteiger partial charge in [0.25, 0.3) is 0 Å². The Hall–Kier alpha value is -1.49. The molecule has 0 aliphatic carbocycles. The molecule has 0 saturated heterocycles. The Morgan fingerprint density at radius 3 is 2.67 bits per heavy atom. The van der Waals surface area contributed by atoms with Crippen LogP contribution >= 0.6 is 27.5 Å². The van der Waals surface area contributed by atoms with E-state index >= 15 is 0 Å². The predicted molar refractivity (Wildman–Crippen MR) is 86.9 cm³/mol. The number of aromatic nitrogens is 1. The van der Waals surface area contributed by atoms with Crippen LogP contribution in [0.3, 0.4) is 0 Å². The Labute approximate surface area is 134 Å². The van der Waals surface area contributed by atoms with Gasteiger partial charge in [0.15, 0.2) is 0 Å². The normalized spacial score (nSPS) is 12.6. The van der Waals surface area contributed by atoms with Crippen LogP contribution in [0.5, 0.6) is 0 Å². The Morgan fingerprint density at radius 1 is 1.10 bits per heavy atom. The zero-order chi connectivity index (χ0) is 15.0. The van der Waals surface area contributed by atoms with E-state index in [4.69, 9.17) is 17.3 Å². The SMILES string of the molecule is NC(c1ccc(Br)c(Cl)c1F)c1ccnc2ccccc12. The van der Waals surface area contributed by atoms with Crippen LogP contribution in [-0.2, 0) is 0 Å². The van der Waals surface area contributed by atoms with Gasteiger partial charge in [0.05, 0.1) is 16.6 Å². The number of fused-ring (bicyclic) bond motifs is 1. The van der Waals surface area contributed by atoms with Crippen LogP contribution in [0.1, 0.15) is 17.2 Å². The fourth-order valence-electron chi connectivity index (χ4n) is 2.34. The highest BCUT2D eigenvalue weighted by molar-refractivity contribution is 9.10. The standard InChI is InChI=1S/C16H11BrClFN2/c17-12-6-5-11(15(19)14(12)18)16(20)10-7-8-21-13-4-2-1-3-9(10)13/h1-8,16H,20H2.